The fourth-order valence-corrected chi connectivity index (χ4v) is 3.94. The zero-order chi connectivity index (χ0) is 12.4. The van der Waals surface area contributed by atoms with Crippen molar-refractivity contribution in [1.82, 2.24) is 0 Å². The summed E-state index contributed by atoms with van der Waals surface area (Å²) in [5.74, 6) is 2.62. The first kappa shape index (κ1) is 12.0. The lowest BCUT2D eigenvalue weighted by Crippen LogP contribution is -2.20. The Balaban J connectivity index is 1.45. The van der Waals surface area contributed by atoms with Gasteiger partial charge in [-0.25, -0.2) is 0 Å². The largest absolute Gasteiger partial charge is 0.299 e. The monoisotopic (exact) mass is 242 g/mol. The first-order valence-electron chi connectivity index (χ1n) is 7.39. The van der Waals surface area contributed by atoms with Crippen molar-refractivity contribution < 1.29 is 4.79 Å². The Bertz CT molecular complexity index is 409. The fourth-order valence-electron chi connectivity index (χ4n) is 3.94. The summed E-state index contributed by atoms with van der Waals surface area (Å²) >= 11 is 0. The van der Waals surface area contributed by atoms with Crippen LogP contribution in [0.5, 0.6) is 0 Å². The van der Waals surface area contributed by atoms with E-state index in [1.807, 2.05) is 6.07 Å². The first-order chi connectivity index (χ1) is 8.83. The van der Waals surface area contributed by atoms with Crippen molar-refractivity contribution in [1.29, 1.82) is 0 Å². The van der Waals surface area contributed by atoms with Crippen molar-refractivity contribution in [2.75, 3.05) is 0 Å². The lowest BCUT2D eigenvalue weighted by Gasteiger charge is -2.20. The molecule has 2 aliphatic carbocycles. The average molecular weight is 242 g/mol. The molecule has 18 heavy (non-hydrogen) atoms. The molecule has 0 heterocycles. The van der Waals surface area contributed by atoms with E-state index >= 15 is 0 Å². The maximum Gasteiger partial charge on any atom is 0.136 e. The minimum atomic E-state index is 0.430. The molecular formula is C17H22O. The Morgan fingerprint density at radius 1 is 1.11 bits per heavy atom. The van der Waals surface area contributed by atoms with Crippen LogP contribution >= 0.6 is 0 Å². The van der Waals surface area contributed by atoms with Crippen molar-refractivity contribution in [2.24, 2.45) is 17.8 Å². The van der Waals surface area contributed by atoms with E-state index in [-0.39, 0.29) is 0 Å². The molecule has 0 aromatic heterocycles. The van der Waals surface area contributed by atoms with Gasteiger partial charge in [-0.3, -0.25) is 4.79 Å². The molecule has 2 fully saturated rings. The second kappa shape index (κ2) is 5.26. The predicted molar refractivity (Wildman–Crippen MR) is 73.3 cm³/mol. The number of benzene rings is 1. The number of Topliss-reactive ketones (excluding diaryl/α,β-unsaturated/α-hetero) is 1. The van der Waals surface area contributed by atoms with Crippen LogP contribution in [0.15, 0.2) is 30.3 Å². The number of carbonyl (C=O) groups is 1. The molecule has 2 bridgehead atoms. The lowest BCUT2D eigenvalue weighted by atomic mass is 9.84. The third-order valence-corrected chi connectivity index (χ3v) is 4.88. The van der Waals surface area contributed by atoms with Gasteiger partial charge >= 0.3 is 0 Å². The molecule has 1 nitrogen and oxygen atoms in total. The number of hydrogen-bond acceptors (Lipinski definition) is 1. The van der Waals surface area contributed by atoms with Crippen molar-refractivity contribution in [3.63, 3.8) is 0 Å². The van der Waals surface area contributed by atoms with Crippen LogP contribution in [0.1, 0.15) is 44.1 Å². The first-order valence-corrected chi connectivity index (χ1v) is 7.39. The zero-order valence-electron chi connectivity index (χ0n) is 11.0. The highest BCUT2D eigenvalue weighted by atomic mass is 16.1. The third-order valence-electron chi connectivity index (χ3n) is 4.88. The van der Waals surface area contributed by atoms with E-state index in [1.54, 1.807) is 0 Å². The van der Waals surface area contributed by atoms with Crippen molar-refractivity contribution in [3.8, 4) is 0 Å². The highest BCUT2D eigenvalue weighted by Crippen LogP contribution is 2.48. The van der Waals surface area contributed by atoms with Gasteiger partial charge in [0.05, 0.1) is 0 Å². The van der Waals surface area contributed by atoms with Gasteiger partial charge in [-0.2, -0.15) is 0 Å². The molecule has 0 radical (unpaired) electrons. The molecule has 0 amide bonds. The predicted octanol–water partition coefficient (Wildman–Crippen LogP) is 4.01. The zero-order valence-corrected chi connectivity index (χ0v) is 11.0. The van der Waals surface area contributed by atoms with Gasteiger partial charge in [0.2, 0.25) is 0 Å². The topological polar surface area (TPSA) is 17.1 Å². The molecule has 0 N–H and O–H groups in total. The number of ketones is 1. The van der Waals surface area contributed by atoms with Crippen molar-refractivity contribution in [3.05, 3.63) is 35.9 Å². The second-order valence-corrected chi connectivity index (χ2v) is 6.09. The van der Waals surface area contributed by atoms with E-state index in [4.69, 9.17) is 0 Å². The molecule has 96 valence electrons. The normalized spacial score (nSPS) is 29.7. The number of carbonyl (C=O) groups excluding carboxylic acids is 1. The average Bonchev–Trinajstić information content (AvgIpc) is 3.02. The van der Waals surface area contributed by atoms with Crippen LogP contribution in [0.2, 0.25) is 0 Å². The van der Waals surface area contributed by atoms with Gasteiger partial charge in [-0.1, -0.05) is 36.8 Å². The molecule has 1 heteroatoms. The standard InChI is InChI=1S/C17H22O/c18-17(16-12-14-9-10-15(16)11-14)8-4-7-13-5-2-1-3-6-13/h1-3,5-6,14-16H,4,7-12H2. The summed E-state index contributed by atoms with van der Waals surface area (Å²) in [5.41, 5.74) is 1.36. The highest BCUT2D eigenvalue weighted by molar-refractivity contribution is 5.81. The summed E-state index contributed by atoms with van der Waals surface area (Å²) in [6, 6.07) is 10.5. The van der Waals surface area contributed by atoms with Crippen molar-refractivity contribution in [2.45, 2.75) is 44.9 Å². The summed E-state index contributed by atoms with van der Waals surface area (Å²) in [6.07, 6.45) is 8.12. The lowest BCUT2D eigenvalue weighted by molar-refractivity contribution is -0.124. The van der Waals surface area contributed by atoms with Gasteiger partial charge in [-0.05, 0) is 49.5 Å². The van der Waals surface area contributed by atoms with E-state index in [2.05, 4.69) is 24.3 Å². The second-order valence-electron chi connectivity index (χ2n) is 6.09. The Kier molecular flexibility index (Phi) is 3.49. The van der Waals surface area contributed by atoms with Gasteiger partial charge in [0.25, 0.3) is 0 Å². The van der Waals surface area contributed by atoms with Gasteiger partial charge in [0.15, 0.2) is 0 Å². The molecule has 2 saturated carbocycles. The van der Waals surface area contributed by atoms with Crippen LogP contribution in [0, 0.1) is 17.8 Å². The molecular weight excluding hydrogens is 220 g/mol. The van der Waals surface area contributed by atoms with Crippen LogP contribution in [-0.4, -0.2) is 5.78 Å². The van der Waals surface area contributed by atoms with Crippen LogP contribution < -0.4 is 0 Å². The molecule has 0 aliphatic heterocycles. The van der Waals surface area contributed by atoms with Crippen molar-refractivity contribution >= 4 is 5.78 Å². The van der Waals surface area contributed by atoms with Crippen LogP contribution in [0.25, 0.3) is 0 Å². The SMILES string of the molecule is O=C(CCCc1ccccc1)C1CC2CCC1C2. The highest BCUT2D eigenvalue weighted by Gasteiger charge is 2.42. The minimum Gasteiger partial charge on any atom is -0.299 e. The van der Waals surface area contributed by atoms with E-state index in [0.717, 1.165) is 31.1 Å². The summed E-state index contributed by atoms with van der Waals surface area (Å²) in [6.45, 7) is 0. The van der Waals surface area contributed by atoms with Gasteiger partial charge < -0.3 is 0 Å². The fraction of sp³-hybridized carbons (Fsp3) is 0.588. The molecule has 2 aliphatic rings. The molecule has 3 unspecified atom stereocenters. The molecule has 3 atom stereocenters. The summed E-state index contributed by atoms with van der Waals surface area (Å²) in [4.78, 5) is 12.2. The smallest absolute Gasteiger partial charge is 0.136 e. The molecule has 0 saturated heterocycles. The van der Waals surface area contributed by atoms with Gasteiger partial charge in [-0.15, -0.1) is 0 Å². The quantitative estimate of drug-likeness (QED) is 0.762. The third kappa shape index (κ3) is 2.50. The Hall–Kier alpha value is -1.11. The molecule has 1 aromatic carbocycles. The van der Waals surface area contributed by atoms with E-state index in [1.165, 1.54) is 31.2 Å². The number of fused-ring (bicyclic) bond motifs is 2. The van der Waals surface area contributed by atoms with Crippen LogP contribution in [0.4, 0.5) is 0 Å². The maximum atomic E-state index is 12.2. The maximum absolute atomic E-state index is 12.2. The Morgan fingerprint density at radius 2 is 1.94 bits per heavy atom. The van der Waals surface area contributed by atoms with Gasteiger partial charge in [0, 0.05) is 12.3 Å². The molecule has 1 aromatic rings. The van der Waals surface area contributed by atoms with Crippen LogP contribution in [-0.2, 0) is 11.2 Å². The van der Waals surface area contributed by atoms with Gasteiger partial charge in [0.1, 0.15) is 5.78 Å². The Labute approximate surface area is 110 Å². The van der Waals surface area contributed by atoms with E-state index in [9.17, 15) is 4.79 Å². The summed E-state index contributed by atoms with van der Waals surface area (Å²) < 4.78 is 0. The van der Waals surface area contributed by atoms with E-state index in [0.29, 0.717) is 11.7 Å². The Morgan fingerprint density at radius 3 is 2.61 bits per heavy atom. The number of hydrogen-bond donors (Lipinski definition) is 0. The van der Waals surface area contributed by atoms with Crippen LogP contribution in [0.3, 0.4) is 0 Å². The molecule has 0 spiro atoms. The number of rotatable bonds is 5. The summed E-state index contributed by atoms with van der Waals surface area (Å²) in [7, 11) is 0. The van der Waals surface area contributed by atoms with E-state index < -0.39 is 0 Å². The minimum absolute atomic E-state index is 0.430. The molecule has 3 rings (SSSR count). The number of aryl methyl sites for hydroxylation is 1. The summed E-state index contributed by atoms with van der Waals surface area (Å²) in [5, 5.41) is 0.